The Hall–Kier alpha value is -2.17. The van der Waals surface area contributed by atoms with Gasteiger partial charge in [0.2, 0.25) is 6.29 Å². The largest absolute Gasteiger partial charge is 0.497 e. The fourth-order valence-electron chi connectivity index (χ4n) is 2.99. The lowest BCUT2D eigenvalue weighted by molar-refractivity contribution is -0.151. The van der Waals surface area contributed by atoms with Crippen LogP contribution in [0.5, 0.6) is 5.75 Å². The first-order valence-electron chi connectivity index (χ1n) is 8.40. The average molecular weight is 412 g/mol. The molecular formula is C18H15F3N2O4S. The molecule has 3 atom stereocenters. The number of alkyl halides is 3. The van der Waals surface area contributed by atoms with Gasteiger partial charge in [0.15, 0.2) is 10.9 Å². The molecule has 1 aromatic carbocycles. The van der Waals surface area contributed by atoms with Crippen molar-refractivity contribution in [1.29, 1.82) is 0 Å². The molecule has 0 spiro atoms. The normalized spacial score (nSPS) is 24.4. The van der Waals surface area contributed by atoms with Crippen molar-refractivity contribution < 1.29 is 32.2 Å². The molecule has 3 heterocycles. The van der Waals surface area contributed by atoms with Crippen molar-refractivity contribution in [3.05, 3.63) is 36.0 Å². The maximum absolute atomic E-state index is 13.4. The van der Waals surface area contributed by atoms with E-state index in [0.717, 1.165) is 17.8 Å². The van der Waals surface area contributed by atoms with E-state index in [4.69, 9.17) is 14.2 Å². The molecule has 2 aliphatic rings. The summed E-state index contributed by atoms with van der Waals surface area (Å²) < 4.78 is 55.8. The molecule has 0 unspecified atom stereocenters. The Morgan fingerprint density at radius 2 is 1.96 bits per heavy atom. The number of thioether (sulfide) groups is 1. The van der Waals surface area contributed by atoms with E-state index in [1.54, 1.807) is 24.3 Å². The van der Waals surface area contributed by atoms with Gasteiger partial charge in [-0.3, -0.25) is 4.79 Å². The van der Waals surface area contributed by atoms with Crippen LogP contribution in [-0.4, -0.2) is 47.1 Å². The van der Waals surface area contributed by atoms with Crippen LogP contribution in [0.2, 0.25) is 0 Å². The van der Waals surface area contributed by atoms with Gasteiger partial charge in [0.25, 0.3) is 0 Å². The van der Waals surface area contributed by atoms with Crippen molar-refractivity contribution in [2.45, 2.75) is 35.4 Å². The molecule has 2 bridgehead atoms. The predicted octanol–water partition coefficient (Wildman–Crippen LogP) is 3.35. The van der Waals surface area contributed by atoms with Crippen LogP contribution in [0.3, 0.4) is 0 Å². The van der Waals surface area contributed by atoms with Crippen LogP contribution >= 0.6 is 11.8 Å². The van der Waals surface area contributed by atoms with Gasteiger partial charge in [-0.25, -0.2) is 9.97 Å². The summed E-state index contributed by atoms with van der Waals surface area (Å²) in [5.74, 6) is 0.353. The molecule has 0 aliphatic carbocycles. The summed E-state index contributed by atoms with van der Waals surface area (Å²) in [6.07, 6.45) is -5.73. The van der Waals surface area contributed by atoms with Crippen molar-refractivity contribution in [1.82, 2.24) is 9.97 Å². The highest BCUT2D eigenvalue weighted by molar-refractivity contribution is 7.99. The Morgan fingerprint density at radius 3 is 2.64 bits per heavy atom. The van der Waals surface area contributed by atoms with Crippen LogP contribution < -0.4 is 4.74 Å². The topological polar surface area (TPSA) is 70.5 Å². The molecule has 1 aromatic heterocycles. The molecule has 2 aromatic rings. The third-order valence-corrected chi connectivity index (χ3v) is 5.60. The molecule has 2 aliphatic heterocycles. The molecule has 6 nitrogen and oxygen atoms in total. The average Bonchev–Trinajstić information content (AvgIpc) is 3.11. The quantitative estimate of drug-likeness (QED) is 0.714. The number of hydrogen-bond acceptors (Lipinski definition) is 7. The monoisotopic (exact) mass is 412 g/mol. The number of methoxy groups -OCH3 is 1. The highest BCUT2D eigenvalue weighted by Crippen LogP contribution is 2.38. The molecule has 2 saturated heterocycles. The molecular weight excluding hydrogens is 397 g/mol. The van der Waals surface area contributed by atoms with Crippen LogP contribution in [0.4, 0.5) is 13.2 Å². The lowest BCUT2D eigenvalue weighted by Crippen LogP contribution is -2.37. The van der Waals surface area contributed by atoms with E-state index < -0.39 is 23.4 Å². The van der Waals surface area contributed by atoms with Gasteiger partial charge in [-0.1, -0.05) is 11.8 Å². The first-order chi connectivity index (χ1) is 13.3. The third kappa shape index (κ3) is 3.85. The van der Waals surface area contributed by atoms with E-state index in [2.05, 4.69) is 9.97 Å². The van der Waals surface area contributed by atoms with E-state index in [1.807, 2.05) is 0 Å². The number of fused-ring (bicyclic) bond motifs is 2. The molecule has 0 saturated carbocycles. The fraction of sp³-hybridized carbons (Fsp3) is 0.389. The van der Waals surface area contributed by atoms with E-state index in [0.29, 0.717) is 11.3 Å². The molecule has 4 rings (SSSR count). The lowest BCUT2D eigenvalue weighted by atomic mass is 10.1. The highest BCUT2D eigenvalue weighted by atomic mass is 32.2. The van der Waals surface area contributed by atoms with Gasteiger partial charge in [-0.15, -0.1) is 0 Å². The van der Waals surface area contributed by atoms with E-state index in [1.165, 1.54) is 7.11 Å². The molecule has 0 amide bonds. The number of nitrogens with zero attached hydrogens (tertiary/aromatic N) is 2. The number of aromatic nitrogens is 2. The summed E-state index contributed by atoms with van der Waals surface area (Å²) in [5, 5.41) is -0.467. The zero-order chi connectivity index (χ0) is 19.9. The van der Waals surface area contributed by atoms with Crippen LogP contribution in [0.1, 0.15) is 12.1 Å². The summed E-state index contributed by atoms with van der Waals surface area (Å²) in [5.41, 5.74) is -0.411. The smallest absolute Gasteiger partial charge is 0.433 e. The van der Waals surface area contributed by atoms with Crippen LogP contribution in [-0.2, 0) is 20.4 Å². The Kier molecular flexibility index (Phi) is 5.02. The molecule has 10 heteroatoms. The van der Waals surface area contributed by atoms with E-state index in [-0.39, 0.29) is 35.8 Å². The van der Waals surface area contributed by atoms with Crippen LogP contribution in [0.25, 0.3) is 11.3 Å². The van der Waals surface area contributed by atoms with Crippen LogP contribution in [0, 0.1) is 0 Å². The Bertz CT molecular complexity index is 891. The van der Waals surface area contributed by atoms with Gasteiger partial charge >= 0.3 is 6.18 Å². The zero-order valence-corrected chi connectivity index (χ0v) is 15.4. The number of Topliss-reactive ketones (excluding diaryl/α,β-unsaturated/α-hetero) is 1. The van der Waals surface area contributed by atoms with Crippen molar-refractivity contribution in [2.24, 2.45) is 0 Å². The lowest BCUT2D eigenvalue weighted by Gasteiger charge is -2.25. The number of carbonyl (C=O) groups excluding carboxylic acids is 1. The minimum Gasteiger partial charge on any atom is -0.497 e. The van der Waals surface area contributed by atoms with Crippen molar-refractivity contribution >= 4 is 17.5 Å². The van der Waals surface area contributed by atoms with Crippen LogP contribution in [0.15, 0.2) is 35.5 Å². The van der Waals surface area contributed by atoms with Crippen molar-refractivity contribution in [3.8, 4) is 17.0 Å². The first-order valence-corrected chi connectivity index (χ1v) is 9.28. The number of hydrogen-bond donors (Lipinski definition) is 0. The first kappa shape index (κ1) is 19.2. The maximum atomic E-state index is 13.4. The van der Waals surface area contributed by atoms with Gasteiger partial charge < -0.3 is 14.2 Å². The van der Waals surface area contributed by atoms with Crippen molar-refractivity contribution in [2.75, 3.05) is 13.7 Å². The van der Waals surface area contributed by atoms with Crippen molar-refractivity contribution in [3.63, 3.8) is 0 Å². The van der Waals surface area contributed by atoms with Gasteiger partial charge in [0, 0.05) is 17.2 Å². The van der Waals surface area contributed by atoms with E-state index in [9.17, 15) is 18.0 Å². The Morgan fingerprint density at radius 1 is 1.21 bits per heavy atom. The van der Waals surface area contributed by atoms with Gasteiger partial charge in [0.05, 0.1) is 25.5 Å². The molecule has 148 valence electrons. The predicted molar refractivity (Wildman–Crippen MR) is 92.9 cm³/mol. The summed E-state index contributed by atoms with van der Waals surface area (Å²) in [4.78, 5) is 19.9. The van der Waals surface area contributed by atoms with Gasteiger partial charge in [-0.05, 0) is 30.3 Å². The number of rotatable bonds is 4. The minimum atomic E-state index is -4.63. The highest BCUT2D eigenvalue weighted by Gasteiger charge is 2.44. The number of halogens is 3. The maximum Gasteiger partial charge on any atom is 0.433 e. The standard InChI is InChI=1S/C18H15F3N2O4S/c1-25-10-4-2-9(3-5-10)11-6-15(18(19,20)21)23-17(22-11)28-14-7-12(24)16-26-8-13(14)27-16/h2-6,13-14,16H,7-8H2,1H3/t13-,14+,16+/m0/s1. The number of benzene rings is 1. The molecule has 0 N–H and O–H groups in total. The minimum absolute atomic E-state index is 0.0626. The summed E-state index contributed by atoms with van der Waals surface area (Å²) in [7, 11) is 1.50. The Balaban J connectivity index is 1.67. The molecule has 28 heavy (non-hydrogen) atoms. The zero-order valence-electron chi connectivity index (χ0n) is 14.6. The summed E-state index contributed by atoms with van der Waals surface area (Å²) in [6.45, 7) is 0.221. The Labute approximate surface area is 162 Å². The summed E-state index contributed by atoms with van der Waals surface area (Å²) in [6, 6.07) is 7.43. The SMILES string of the molecule is COc1ccc(-c2cc(C(F)(F)F)nc(S[C@@H]3CC(=O)[C@@H]4OC[C@@H]3O4)n2)cc1. The second-order valence-electron chi connectivity index (χ2n) is 6.31. The second-order valence-corrected chi connectivity index (χ2v) is 7.52. The third-order valence-electron chi connectivity index (χ3n) is 4.43. The van der Waals surface area contributed by atoms with Gasteiger partial charge in [0.1, 0.15) is 11.4 Å². The summed E-state index contributed by atoms with van der Waals surface area (Å²) >= 11 is 1.00. The number of carbonyl (C=O) groups is 1. The molecule has 2 fully saturated rings. The number of ketones is 1. The number of ether oxygens (including phenoxy) is 3. The molecule has 0 radical (unpaired) electrons. The second kappa shape index (κ2) is 7.34. The van der Waals surface area contributed by atoms with Gasteiger partial charge in [-0.2, -0.15) is 13.2 Å². The fourth-order valence-corrected chi connectivity index (χ4v) is 4.11. The van der Waals surface area contributed by atoms with E-state index >= 15 is 0 Å².